The molecule has 0 saturated heterocycles. The van der Waals surface area contributed by atoms with Crippen molar-refractivity contribution in [2.45, 2.75) is 17.2 Å². The summed E-state index contributed by atoms with van der Waals surface area (Å²) >= 11 is 1.36. The Bertz CT molecular complexity index is 1020. The van der Waals surface area contributed by atoms with Crippen LogP contribution < -0.4 is 0 Å². The monoisotopic (exact) mass is 361 g/mol. The Morgan fingerprint density at radius 2 is 1.81 bits per heavy atom. The first-order valence-electron chi connectivity index (χ1n) is 8.00. The van der Waals surface area contributed by atoms with Gasteiger partial charge in [-0.25, -0.2) is 0 Å². The van der Waals surface area contributed by atoms with Gasteiger partial charge in [-0.15, -0.1) is 5.10 Å². The maximum absolute atomic E-state index is 5.80. The first-order valence-corrected chi connectivity index (χ1v) is 8.82. The van der Waals surface area contributed by atoms with Crippen molar-refractivity contribution in [2.75, 3.05) is 0 Å². The molecule has 2 aromatic heterocycles. The fourth-order valence-electron chi connectivity index (χ4n) is 2.29. The van der Waals surface area contributed by atoms with Gasteiger partial charge in [0.15, 0.2) is 5.09 Å². The minimum Gasteiger partial charge on any atom is -0.448 e. The van der Waals surface area contributed by atoms with Gasteiger partial charge in [-0.2, -0.15) is 4.68 Å². The van der Waals surface area contributed by atoms with Crippen LogP contribution in [0.25, 0.3) is 5.69 Å². The second-order valence-corrected chi connectivity index (χ2v) is 6.53. The molecule has 0 radical (unpaired) electrons. The van der Waals surface area contributed by atoms with Crippen LogP contribution in [0.15, 0.2) is 86.4 Å². The predicted octanol–water partition coefficient (Wildman–Crippen LogP) is 4.47. The number of benzene rings is 2. The Morgan fingerprint density at radius 3 is 2.62 bits per heavy atom. The van der Waals surface area contributed by atoms with E-state index in [2.05, 4.69) is 20.5 Å². The molecule has 0 fully saturated rings. The molecule has 26 heavy (non-hydrogen) atoms. The SMILES string of the molecule is Cc1ccc(N=Cc2ccc(Sc3nnnn3-c3ccccc3)o2)cc1. The van der Waals surface area contributed by atoms with Crippen LogP contribution in [-0.4, -0.2) is 26.4 Å². The van der Waals surface area contributed by atoms with Crippen LogP contribution in [0.4, 0.5) is 5.69 Å². The first kappa shape index (κ1) is 16.3. The van der Waals surface area contributed by atoms with Gasteiger partial charge in [-0.05, 0) is 65.5 Å². The number of aliphatic imine (C=N–C) groups is 1. The predicted molar refractivity (Wildman–Crippen MR) is 100 cm³/mol. The largest absolute Gasteiger partial charge is 0.448 e. The zero-order valence-electron chi connectivity index (χ0n) is 14.0. The molecule has 0 aliphatic heterocycles. The number of aryl methyl sites for hydroxylation is 1. The summed E-state index contributed by atoms with van der Waals surface area (Å²) in [6.07, 6.45) is 1.70. The highest BCUT2D eigenvalue weighted by Gasteiger charge is 2.12. The summed E-state index contributed by atoms with van der Waals surface area (Å²) in [5.41, 5.74) is 2.98. The maximum atomic E-state index is 5.80. The van der Waals surface area contributed by atoms with Gasteiger partial charge in [-0.1, -0.05) is 35.9 Å². The highest BCUT2D eigenvalue weighted by atomic mass is 32.2. The van der Waals surface area contributed by atoms with E-state index in [1.165, 1.54) is 17.3 Å². The van der Waals surface area contributed by atoms with Crippen molar-refractivity contribution in [3.63, 3.8) is 0 Å². The Balaban J connectivity index is 1.49. The Labute approximate surface area is 154 Å². The molecular weight excluding hydrogens is 346 g/mol. The summed E-state index contributed by atoms with van der Waals surface area (Å²) in [5, 5.41) is 13.2. The molecule has 0 aliphatic rings. The van der Waals surface area contributed by atoms with Crippen molar-refractivity contribution in [1.82, 2.24) is 20.2 Å². The molecule has 7 heteroatoms. The average molecular weight is 361 g/mol. The molecule has 128 valence electrons. The van der Waals surface area contributed by atoms with Gasteiger partial charge in [-0.3, -0.25) is 4.99 Å². The minimum absolute atomic E-state index is 0.632. The number of para-hydroxylation sites is 1. The number of hydrogen-bond donors (Lipinski definition) is 0. The summed E-state index contributed by atoms with van der Waals surface area (Å²) in [6.45, 7) is 2.05. The molecule has 0 aliphatic carbocycles. The highest BCUT2D eigenvalue weighted by Crippen LogP contribution is 2.28. The zero-order valence-corrected chi connectivity index (χ0v) is 14.8. The molecule has 0 saturated carbocycles. The van der Waals surface area contributed by atoms with Crippen LogP contribution in [0, 0.1) is 6.92 Å². The third-order valence-electron chi connectivity index (χ3n) is 3.61. The smallest absolute Gasteiger partial charge is 0.221 e. The molecular formula is C19H15N5OS. The van der Waals surface area contributed by atoms with Crippen molar-refractivity contribution in [3.05, 3.63) is 78.1 Å². The van der Waals surface area contributed by atoms with Gasteiger partial charge in [0.2, 0.25) is 5.16 Å². The topological polar surface area (TPSA) is 69.1 Å². The first-order chi connectivity index (χ1) is 12.8. The number of nitrogens with zero attached hydrogens (tertiary/aromatic N) is 5. The summed E-state index contributed by atoms with van der Waals surface area (Å²) in [4.78, 5) is 4.42. The molecule has 0 N–H and O–H groups in total. The van der Waals surface area contributed by atoms with E-state index in [1.807, 2.05) is 73.7 Å². The van der Waals surface area contributed by atoms with Crippen LogP contribution in [-0.2, 0) is 0 Å². The lowest BCUT2D eigenvalue weighted by Crippen LogP contribution is -1.97. The van der Waals surface area contributed by atoms with Crippen molar-refractivity contribution in [1.29, 1.82) is 0 Å². The number of tetrazole rings is 1. The molecule has 0 spiro atoms. The number of furan rings is 1. The van der Waals surface area contributed by atoms with Gasteiger partial charge >= 0.3 is 0 Å². The van der Waals surface area contributed by atoms with Crippen molar-refractivity contribution < 1.29 is 4.42 Å². The van der Waals surface area contributed by atoms with E-state index in [0.29, 0.717) is 16.0 Å². The van der Waals surface area contributed by atoms with E-state index in [1.54, 1.807) is 10.9 Å². The second-order valence-electron chi connectivity index (χ2n) is 5.56. The van der Waals surface area contributed by atoms with Crippen LogP contribution in [0.2, 0.25) is 0 Å². The van der Waals surface area contributed by atoms with E-state index in [9.17, 15) is 0 Å². The minimum atomic E-state index is 0.632. The Kier molecular flexibility index (Phi) is 4.61. The Morgan fingerprint density at radius 1 is 1.00 bits per heavy atom. The van der Waals surface area contributed by atoms with Crippen molar-refractivity contribution >= 4 is 23.7 Å². The Hall–Kier alpha value is -3.19. The van der Waals surface area contributed by atoms with E-state index in [0.717, 1.165) is 11.4 Å². The normalized spacial score (nSPS) is 11.3. The zero-order chi connectivity index (χ0) is 17.8. The summed E-state index contributed by atoms with van der Waals surface area (Å²) in [5.74, 6) is 0.673. The average Bonchev–Trinajstić information content (AvgIpc) is 3.32. The molecule has 0 atom stereocenters. The molecule has 0 bridgehead atoms. The standard InChI is InChI=1S/C19H15N5OS/c1-14-7-9-15(10-8-14)20-13-17-11-12-18(25-17)26-19-21-22-23-24(19)16-5-3-2-4-6-16/h2-13H,1H3. The molecule has 0 unspecified atom stereocenters. The number of aromatic nitrogens is 4. The summed E-state index contributed by atoms with van der Waals surface area (Å²) in [7, 11) is 0. The van der Waals surface area contributed by atoms with Crippen molar-refractivity contribution in [2.24, 2.45) is 4.99 Å². The highest BCUT2D eigenvalue weighted by molar-refractivity contribution is 7.99. The third kappa shape index (κ3) is 3.73. The maximum Gasteiger partial charge on any atom is 0.221 e. The second kappa shape index (κ2) is 7.37. The van der Waals surface area contributed by atoms with E-state index < -0.39 is 0 Å². The fraction of sp³-hybridized carbons (Fsp3) is 0.0526. The number of rotatable bonds is 5. The summed E-state index contributed by atoms with van der Waals surface area (Å²) < 4.78 is 7.47. The lowest BCUT2D eigenvalue weighted by molar-refractivity contribution is 0.468. The molecule has 4 rings (SSSR count). The van der Waals surface area contributed by atoms with Gasteiger partial charge < -0.3 is 4.42 Å². The van der Waals surface area contributed by atoms with Crippen LogP contribution in [0.1, 0.15) is 11.3 Å². The van der Waals surface area contributed by atoms with E-state index >= 15 is 0 Å². The van der Waals surface area contributed by atoms with Crippen LogP contribution >= 0.6 is 11.8 Å². The van der Waals surface area contributed by atoms with Gasteiger partial charge in [0.1, 0.15) is 5.76 Å². The molecule has 0 amide bonds. The lowest BCUT2D eigenvalue weighted by atomic mass is 10.2. The number of hydrogen-bond acceptors (Lipinski definition) is 6. The molecule has 4 aromatic rings. The van der Waals surface area contributed by atoms with Crippen LogP contribution in [0.5, 0.6) is 0 Å². The van der Waals surface area contributed by atoms with Crippen LogP contribution in [0.3, 0.4) is 0 Å². The van der Waals surface area contributed by atoms with E-state index in [-0.39, 0.29) is 0 Å². The van der Waals surface area contributed by atoms with Gasteiger partial charge in [0, 0.05) is 0 Å². The molecule has 2 aromatic carbocycles. The third-order valence-corrected chi connectivity index (χ3v) is 4.47. The van der Waals surface area contributed by atoms with Gasteiger partial charge in [0.25, 0.3) is 0 Å². The molecule has 6 nitrogen and oxygen atoms in total. The van der Waals surface area contributed by atoms with Crippen molar-refractivity contribution in [3.8, 4) is 5.69 Å². The quantitative estimate of drug-likeness (QED) is 0.491. The van der Waals surface area contributed by atoms with E-state index in [4.69, 9.17) is 4.42 Å². The molecule has 2 heterocycles. The van der Waals surface area contributed by atoms with Gasteiger partial charge in [0.05, 0.1) is 17.6 Å². The summed E-state index contributed by atoms with van der Waals surface area (Å²) in [6, 6.07) is 21.5. The fourth-order valence-corrected chi connectivity index (χ4v) is 3.05. The lowest BCUT2D eigenvalue weighted by Gasteiger charge is -2.01.